The van der Waals surface area contributed by atoms with E-state index < -0.39 is 17.6 Å². The molecule has 156 valence electrons. The number of amides is 2. The molecule has 0 unspecified atom stereocenters. The fourth-order valence-corrected chi connectivity index (χ4v) is 2.96. The molecule has 4 aromatic rings. The average molecular weight is 419 g/mol. The normalized spacial score (nSPS) is 10.6. The number of hydrogen-bond acceptors (Lipinski definition) is 5. The molecule has 2 amide bonds. The second-order valence-electron chi connectivity index (χ2n) is 6.73. The first-order valence-electron chi connectivity index (χ1n) is 9.44. The van der Waals surface area contributed by atoms with E-state index in [-0.39, 0.29) is 17.9 Å². The molecule has 0 atom stereocenters. The molecular weight excluding hydrogens is 401 g/mol. The van der Waals surface area contributed by atoms with Gasteiger partial charge in [-0.15, -0.1) is 0 Å². The van der Waals surface area contributed by atoms with Crippen LogP contribution >= 0.6 is 0 Å². The molecule has 7 nitrogen and oxygen atoms in total. The number of fused-ring (bicyclic) bond motifs is 1. The van der Waals surface area contributed by atoms with Gasteiger partial charge in [0.15, 0.2) is 5.76 Å². The summed E-state index contributed by atoms with van der Waals surface area (Å²) in [5, 5.41) is 0.609. The van der Waals surface area contributed by atoms with Crippen molar-refractivity contribution in [3.05, 3.63) is 95.3 Å². The molecule has 0 fully saturated rings. The van der Waals surface area contributed by atoms with E-state index in [9.17, 15) is 14.0 Å². The number of ether oxygens (including phenoxy) is 1. The van der Waals surface area contributed by atoms with Gasteiger partial charge >= 0.3 is 5.91 Å². The van der Waals surface area contributed by atoms with Crippen molar-refractivity contribution in [1.29, 1.82) is 0 Å². The summed E-state index contributed by atoms with van der Waals surface area (Å²) in [4.78, 5) is 29.0. The molecule has 0 spiro atoms. The Morgan fingerprint density at radius 1 is 1.00 bits per heavy atom. The van der Waals surface area contributed by atoms with E-state index in [1.54, 1.807) is 19.1 Å². The summed E-state index contributed by atoms with van der Waals surface area (Å²) < 4.78 is 24.4. The number of halogens is 1. The lowest BCUT2D eigenvalue weighted by atomic mass is 10.1. The Morgan fingerprint density at radius 2 is 1.77 bits per heavy atom. The highest BCUT2D eigenvalue weighted by Crippen LogP contribution is 2.18. The second kappa shape index (κ2) is 8.66. The molecule has 0 saturated carbocycles. The predicted octanol–water partition coefficient (Wildman–Crippen LogP) is 3.93. The quantitative estimate of drug-likeness (QED) is 0.478. The molecular formula is C23H18FN3O4. The number of benzene rings is 2. The first kappa shape index (κ1) is 20.1. The Hall–Kier alpha value is -4.20. The fraction of sp³-hybridized carbons (Fsp3) is 0.0870. The lowest BCUT2D eigenvalue weighted by molar-refractivity contribution is 0.0828. The van der Waals surface area contributed by atoms with Crippen LogP contribution in [-0.4, -0.2) is 16.8 Å². The number of rotatable bonds is 5. The number of carbonyl (C=O) groups excluding carboxylic acids is 2. The lowest BCUT2D eigenvalue weighted by Gasteiger charge is -2.09. The van der Waals surface area contributed by atoms with Crippen LogP contribution in [0, 0.1) is 12.7 Å². The van der Waals surface area contributed by atoms with Gasteiger partial charge in [-0.1, -0.05) is 18.2 Å². The maximum absolute atomic E-state index is 13.4. The van der Waals surface area contributed by atoms with Crippen molar-refractivity contribution in [2.45, 2.75) is 13.5 Å². The van der Waals surface area contributed by atoms with Gasteiger partial charge in [-0.2, -0.15) is 0 Å². The Morgan fingerprint density at radius 3 is 2.58 bits per heavy atom. The monoisotopic (exact) mass is 419 g/mol. The van der Waals surface area contributed by atoms with E-state index in [1.807, 2.05) is 30.3 Å². The van der Waals surface area contributed by atoms with E-state index in [2.05, 4.69) is 15.8 Å². The zero-order valence-corrected chi connectivity index (χ0v) is 16.5. The summed E-state index contributed by atoms with van der Waals surface area (Å²) in [6.07, 6.45) is 0. The zero-order chi connectivity index (χ0) is 21.8. The topological polar surface area (TPSA) is 93.5 Å². The smallest absolute Gasteiger partial charge is 0.305 e. The first-order chi connectivity index (χ1) is 15.0. The lowest BCUT2D eigenvalue weighted by Crippen LogP contribution is -2.41. The number of hydrazine groups is 1. The molecule has 31 heavy (non-hydrogen) atoms. The van der Waals surface area contributed by atoms with Crippen LogP contribution in [0.2, 0.25) is 0 Å². The number of aryl methyl sites for hydroxylation is 1. The third-order valence-corrected chi connectivity index (χ3v) is 4.51. The van der Waals surface area contributed by atoms with Crippen LogP contribution in [0.4, 0.5) is 4.39 Å². The van der Waals surface area contributed by atoms with Crippen molar-refractivity contribution < 1.29 is 23.1 Å². The number of furan rings is 1. The van der Waals surface area contributed by atoms with E-state index in [4.69, 9.17) is 9.15 Å². The van der Waals surface area contributed by atoms with Gasteiger partial charge in [0, 0.05) is 11.5 Å². The summed E-state index contributed by atoms with van der Waals surface area (Å²) in [6, 6.07) is 18.0. The number of para-hydroxylation sites is 1. The zero-order valence-electron chi connectivity index (χ0n) is 16.5. The van der Waals surface area contributed by atoms with Crippen LogP contribution in [-0.2, 0) is 6.61 Å². The van der Waals surface area contributed by atoms with Gasteiger partial charge in [-0.3, -0.25) is 25.4 Å². The van der Waals surface area contributed by atoms with Gasteiger partial charge in [-0.05, 0) is 49.4 Å². The minimum Gasteiger partial charge on any atom is -0.486 e. The Labute approximate surface area is 176 Å². The molecule has 0 saturated heterocycles. The van der Waals surface area contributed by atoms with Crippen molar-refractivity contribution >= 4 is 22.7 Å². The van der Waals surface area contributed by atoms with Crippen LogP contribution in [0.15, 0.2) is 71.1 Å². The first-order valence-corrected chi connectivity index (χ1v) is 9.44. The maximum atomic E-state index is 13.4. The Balaban J connectivity index is 1.37. The van der Waals surface area contributed by atoms with Gasteiger partial charge in [0.2, 0.25) is 0 Å². The highest BCUT2D eigenvalue weighted by Gasteiger charge is 2.16. The second-order valence-corrected chi connectivity index (χ2v) is 6.73. The van der Waals surface area contributed by atoms with Gasteiger partial charge < -0.3 is 9.15 Å². The predicted molar refractivity (Wildman–Crippen MR) is 111 cm³/mol. The molecule has 2 N–H and O–H groups in total. The SMILES string of the molecule is Cc1nc2cc(F)ccc2cc1C(=O)NNC(=O)c1ccc(COc2ccccc2)o1. The molecule has 0 aliphatic rings. The van der Waals surface area contributed by atoms with Crippen molar-refractivity contribution in [3.63, 3.8) is 0 Å². The summed E-state index contributed by atoms with van der Waals surface area (Å²) in [6.45, 7) is 1.79. The van der Waals surface area contributed by atoms with Gasteiger partial charge in [-0.25, -0.2) is 4.39 Å². The molecule has 2 aromatic carbocycles. The largest absolute Gasteiger partial charge is 0.486 e. The molecule has 0 aliphatic heterocycles. The van der Waals surface area contributed by atoms with Gasteiger partial charge in [0.1, 0.15) is 23.9 Å². The highest BCUT2D eigenvalue weighted by molar-refractivity contribution is 6.00. The number of aromatic nitrogens is 1. The molecule has 0 aliphatic carbocycles. The summed E-state index contributed by atoms with van der Waals surface area (Å²) >= 11 is 0. The third kappa shape index (κ3) is 4.69. The standard InChI is InChI=1S/C23H18FN3O4/c1-14-19(11-15-7-8-16(24)12-20(15)25-14)22(28)26-27-23(29)21-10-9-18(31-21)13-30-17-5-3-2-4-6-17/h2-12H,13H2,1H3,(H,26,28)(H,27,29). The number of pyridine rings is 1. The number of nitrogens with one attached hydrogen (secondary N) is 2. The third-order valence-electron chi connectivity index (χ3n) is 4.51. The number of carbonyl (C=O) groups is 2. The molecule has 8 heteroatoms. The van der Waals surface area contributed by atoms with Crippen molar-refractivity contribution in [2.75, 3.05) is 0 Å². The van der Waals surface area contributed by atoms with E-state index in [0.717, 1.165) is 0 Å². The van der Waals surface area contributed by atoms with E-state index >= 15 is 0 Å². The number of nitrogens with zero attached hydrogens (tertiary/aromatic N) is 1. The summed E-state index contributed by atoms with van der Waals surface area (Å²) in [5.74, 6) is -0.412. The maximum Gasteiger partial charge on any atom is 0.305 e. The van der Waals surface area contributed by atoms with Crippen LogP contribution in [0.5, 0.6) is 5.75 Å². The highest BCUT2D eigenvalue weighted by atomic mass is 19.1. The molecule has 0 bridgehead atoms. The minimum absolute atomic E-state index is 0.0239. The van der Waals surface area contributed by atoms with Gasteiger partial charge in [0.05, 0.1) is 16.8 Å². The van der Waals surface area contributed by atoms with Crippen molar-refractivity contribution in [3.8, 4) is 5.75 Å². The van der Waals surface area contributed by atoms with Crippen LogP contribution in [0.3, 0.4) is 0 Å². The molecule has 2 heterocycles. The van der Waals surface area contributed by atoms with Crippen LogP contribution in [0.25, 0.3) is 10.9 Å². The number of hydrogen-bond donors (Lipinski definition) is 2. The fourth-order valence-electron chi connectivity index (χ4n) is 2.96. The molecule has 0 radical (unpaired) electrons. The average Bonchev–Trinajstić information content (AvgIpc) is 3.25. The summed E-state index contributed by atoms with van der Waals surface area (Å²) in [7, 11) is 0. The Kier molecular flexibility index (Phi) is 5.61. The van der Waals surface area contributed by atoms with Crippen molar-refractivity contribution in [1.82, 2.24) is 15.8 Å². The van der Waals surface area contributed by atoms with Crippen LogP contribution < -0.4 is 15.6 Å². The molecule has 2 aromatic heterocycles. The van der Waals surface area contributed by atoms with Crippen molar-refractivity contribution in [2.24, 2.45) is 0 Å². The minimum atomic E-state index is -0.618. The van der Waals surface area contributed by atoms with E-state index in [1.165, 1.54) is 24.3 Å². The van der Waals surface area contributed by atoms with E-state index in [0.29, 0.717) is 28.1 Å². The van der Waals surface area contributed by atoms with Gasteiger partial charge in [0.25, 0.3) is 5.91 Å². The Bertz CT molecular complexity index is 1250. The van der Waals surface area contributed by atoms with Crippen LogP contribution in [0.1, 0.15) is 32.4 Å². The molecule has 4 rings (SSSR count). The summed E-state index contributed by atoms with van der Waals surface area (Å²) in [5.41, 5.74) is 5.75.